The van der Waals surface area contributed by atoms with Crippen LogP contribution < -0.4 is 5.32 Å². The van der Waals surface area contributed by atoms with E-state index in [0.717, 1.165) is 37.8 Å². The van der Waals surface area contributed by atoms with Gasteiger partial charge in [0, 0.05) is 17.8 Å². The predicted octanol–water partition coefficient (Wildman–Crippen LogP) is 4.36. The molecule has 3 N–H and O–H groups in total. The average molecular weight is 376 g/mol. The number of fused-ring (bicyclic) bond motifs is 1. The van der Waals surface area contributed by atoms with Gasteiger partial charge in [0.2, 0.25) is 0 Å². The minimum Gasteiger partial charge on any atom is -0.393 e. The summed E-state index contributed by atoms with van der Waals surface area (Å²) < 4.78 is 38.9. The number of hydrogen-bond acceptors (Lipinski definition) is 4. The molecule has 0 bridgehead atoms. The normalized spacial score (nSPS) is 20.7. The van der Waals surface area contributed by atoms with E-state index in [4.69, 9.17) is 0 Å². The van der Waals surface area contributed by atoms with Gasteiger partial charge in [0.15, 0.2) is 5.82 Å². The molecule has 0 aliphatic heterocycles. The molecule has 2 aromatic heterocycles. The van der Waals surface area contributed by atoms with Gasteiger partial charge in [0.1, 0.15) is 11.3 Å². The number of aliphatic hydroxyl groups excluding tert-OH is 1. The van der Waals surface area contributed by atoms with Crippen molar-refractivity contribution in [2.45, 2.75) is 44.0 Å². The van der Waals surface area contributed by atoms with Crippen molar-refractivity contribution in [1.82, 2.24) is 15.0 Å². The van der Waals surface area contributed by atoms with Crippen LogP contribution in [0.4, 0.5) is 19.0 Å². The third-order valence-electron chi connectivity index (χ3n) is 4.90. The molecule has 0 atom stereocenters. The van der Waals surface area contributed by atoms with Crippen LogP contribution in [0.1, 0.15) is 31.2 Å². The smallest absolute Gasteiger partial charge is 0.393 e. The van der Waals surface area contributed by atoms with Crippen LogP contribution >= 0.6 is 0 Å². The van der Waals surface area contributed by atoms with Crippen LogP contribution in [0.2, 0.25) is 0 Å². The second kappa shape index (κ2) is 6.84. The molecule has 1 fully saturated rings. The Morgan fingerprint density at radius 2 is 1.89 bits per heavy atom. The minimum absolute atomic E-state index is 0.195. The lowest BCUT2D eigenvalue weighted by molar-refractivity contribution is -0.137. The van der Waals surface area contributed by atoms with Crippen LogP contribution in [0.25, 0.3) is 22.4 Å². The summed E-state index contributed by atoms with van der Waals surface area (Å²) in [5, 5.41) is 13.0. The Balaban J connectivity index is 1.65. The molecular weight excluding hydrogens is 357 g/mol. The number of aromatic nitrogens is 3. The van der Waals surface area contributed by atoms with Gasteiger partial charge in [-0.15, -0.1) is 0 Å². The predicted molar refractivity (Wildman–Crippen MR) is 96.2 cm³/mol. The number of aromatic amines is 1. The zero-order chi connectivity index (χ0) is 19.0. The van der Waals surface area contributed by atoms with Crippen LogP contribution in [0.3, 0.4) is 0 Å². The van der Waals surface area contributed by atoms with E-state index in [-0.39, 0.29) is 12.1 Å². The Labute approximate surface area is 153 Å². The summed E-state index contributed by atoms with van der Waals surface area (Å²) in [6.07, 6.45) is 0.143. The van der Waals surface area contributed by atoms with Crippen LogP contribution in [0.5, 0.6) is 0 Å². The van der Waals surface area contributed by atoms with E-state index in [2.05, 4.69) is 20.3 Å². The van der Waals surface area contributed by atoms with Crippen molar-refractivity contribution >= 4 is 16.9 Å². The number of H-pyrrole nitrogens is 1. The third kappa shape index (κ3) is 3.75. The number of anilines is 1. The van der Waals surface area contributed by atoms with Gasteiger partial charge in [-0.05, 0) is 43.9 Å². The number of hydrogen-bond donors (Lipinski definition) is 3. The lowest BCUT2D eigenvalue weighted by Gasteiger charge is -2.26. The molecule has 1 saturated carbocycles. The molecule has 0 unspecified atom stereocenters. The third-order valence-corrected chi connectivity index (χ3v) is 4.90. The molecule has 1 aliphatic carbocycles. The number of rotatable bonds is 3. The van der Waals surface area contributed by atoms with Gasteiger partial charge in [-0.3, -0.25) is 0 Å². The fourth-order valence-electron chi connectivity index (χ4n) is 3.43. The van der Waals surface area contributed by atoms with E-state index in [1.165, 1.54) is 6.07 Å². The first-order valence-corrected chi connectivity index (χ1v) is 8.87. The van der Waals surface area contributed by atoms with Crippen LogP contribution in [-0.4, -0.2) is 32.2 Å². The van der Waals surface area contributed by atoms with Crippen molar-refractivity contribution in [3.05, 3.63) is 42.1 Å². The van der Waals surface area contributed by atoms with Gasteiger partial charge in [0.05, 0.1) is 17.2 Å². The molecular formula is C19H19F3N4O. The number of alkyl halides is 3. The van der Waals surface area contributed by atoms with Gasteiger partial charge >= 0.3 is 6.18 Å². The first kappa shape index (κ1) is 17.8. The summed E-state index contributed by atoms with van der Waals surface area (Å²) in [4.78, 5) is 11.9. The Hall–Kier alpha value is -2.61. The standard InChI is InChI=1S/C19H19F3N4O/c20-19(21,22)12-3-1-2-11(10-12)17-25-15-8-9-23-18(16(15)26-17)24-13-4-6-14(27)7-5-13/h1-3,8-10,13-14,27H,4-7H2,(H,23,24)(H,25,26). The van der Waals surface area contributed by atoms with Crippen molar-refractivity contribution in [2.24, 2.45) is 0 Å². The van der Waals surface area contributed by atoms with E-state index >= 15 is 0 Å². The highest BCUT2D eigenvalue weighted by molar-refractivity contribution is 5.88. The van der Waals surface area contributed by atoms with E-state index in [1.807, 2.05) is 0 Å². The maximum atomic E-state index is 13.0. The topological polar surface area (TPSA) is 73.8 Å². The number of imidazole rings is 1. The molecule has 0 spiro atoms. The minimum atomic E-state index is -4.40. The summed E-state index contributed by atoms with van der Waals surface area (Å²) in [5.41, 5.74) is 0.956. The van der Waals surface area contributed by atoms with Gasteiger partial charge in [-0.25, -0.2) is 9.97 Å². The fraction of sp³-hybridized carbons (Fsp3) is 0.368. The van der Waals surface area contributed by atoms with Crippen molar-refractivity contribution in [3.8, 4) is 11.4 Å². The van der Waals surface area contributed by atoms with Crippen LogP contribution in [-0.2, 0) is 6.18 Å². The number of aliphatic hydroxyl groups is 1. The highest BCUT2D eigenvalue weighted by Gasteiger charge is 2.30. The van der Waals surface area contributed by atoms with Gasteiger partial charge < -0.3 is 15.4 Å². The Bertz CT molecular complexity index is 946. The second-order valence-corrected chi connectivity index (χ2v) is 6.87. The maximum Gasteiger partial charge on any atom is 0.416 e. The van der Waals surface area contributed by atoms with E-state index in [1.54, 1.807) is 18.3 Å². The first-order valence-electron chi connectivity index (χ1n) is 8.87. The van der Waals surface area contributed by atoms with Gasteiger partial charge in [0.25, 0.3) is 0 Å². The SMILES string of the molecule is OC1CCC(Nc2nccc3[nH]c(-c4cccc(C(F)(F)F)c4)nc23)CC1. The number of nitrogens with zero attached hydrogens (tertiary/aromatic N) is 2. The highest BCUT2D eigenvalue weighted by atomic mass is 19.4. The quantitative estimate of drug-likeness (QED) is 0.635. The molecule has 3 aromatic rings. The summed E-state index contributed by atoms with van der Waals surface area (Å²) >= 11 is 0. The number of pyridine rings is 1. The van der Waals surface area contributed by atoms with Gasteiger partial charge in [-0.1, -0.05) is 12.1 Å². The van der Waals surface area contributed by atoms with E-state index in [9.17, 15) is 18.3 Å². The molecule has 8 heteroatoms. The lowest BCUT2D eigenvalue weighted by Crippen LogP contribution is -2.28. The highest BCUT2D eigenvalue weighted by Crippen LogP contribution is 2.32. The van der Waals surface area contributed by atoms with Crippen molar-refractivity contribution in [2.75, 3.05) is 5.32 Å². The molecule has 1 aromatic carbocycles. The zero-order valence-corrected chi connectivity index (χ0v) is 14.4. The monoisotopic (exact) mass is 376 g/mol. The molecule has 0 radical (unpaired) electrons. The Morgan fingerprint density at radius 3 is 2.63 bits per heavy atom. The molecule has 2 heterocycles. The summed E-state index contributed by atoms with van der Waals surface area (Å²) in [5.74, 6) is 0.967. The van der Waals surface area contributed by atoms with Crippen LogP contribution in [0, 0.1) is 0 Å². The first-order chi connectivity index (χ1) is 12.9. The summed E-state index contributed by atoms with van der Waals surface area (Å²) in [7, 11) is 0. The molecule has 27 heavy (non-hydrogen) atoms. The zero-order valence-electron chi connectivity index (χ0n) is 14.4. The van der Waals surface area contributed by atoms with Crippen molar-refractivity contribution < 1.29 is 18.3 Å². The van der Waals surface area contributed by atoms with E-state index in [0.29, 0.717) is 28.2 Å². The second-order valence-electron chi connectivity index (χ2n) is 6.87. The molecule has 0 saturated heterocycles. The lowest BCUT2D eigenvalue weighted by atomic mass is 9.93. The van der Waals surface area contributed by atoms with Gasteiger partial charge in [-0.2, -0.15) is 13.2 Å². The number of nitrogens with one attached hydrogen (secondary N) is 2. The Kier molecular flexibility index (Phi) is 4.51. The molecule has 4 rings (SSSR count). The summed E-state index contributed by atoms with van der Waals surface area (Å²) in [6, 6.07) is 7.03. The maximum absolute atomic E-state index is 13.0. The number of benzene rings is 1. The van der Waals surface area contributed by atoms with Crippen LogP contribution in [0.15, 0.2) is 36.5 Å². The Morgan fingerprint density at radius 1 is 1.11 bits per heavy atom. The molecule has 5 nitrogen and oxygen atoms in total. The fourth-order valence-corrected chi connectivity index (χ4v) is 3.43. The molecule has 0 amide bonds. The molecule has 1 aliphatic rings. The number of halogens is 3. The van der Waals surface area contributed by atoms with E-state index < -0.39 is 11.7 Å². The summed E-state index contributed by atoms with van der Waals surface area (Å²) in [6.45, 7) is 0. The molecule has 142 valence electrons. The van der Waals surface area contributed by atoms with Crippen molar-refractivity contribution in [1.29, 1.82) is 0 Å². The van der Waals surface area contributed by atoms with Crippen molar-refractivity contribution in [3.63, 3.8) is 0 Å². The largest absolute Gasteiger partial charge is 0.416 e. The average Bonchev–Trinajstić information content (AvgIpc) is 3.08.